The Bertz CT molecular complexity index is 1030. The van der Waals surface area contributed by atoms with Gasteiger partial charge >= 0.3 is 5.69 Å². The Labute approximate surface area is 194 Å². The summed E-state index contributed by atoms with van der Waals surface area (Å²) in [5.41, 5.74) is 1.49. The normalized spacial score (nSPS) is 14.0. The molecule has 1 saturated carbocycles. The number of benzene rings is 2. The molecule has 1 aliphatic carbocycles. The van der Waals surface area contributed by atoms with Gasteiger partial charge in [0.25, 0.3) is 0 Å². The zero-order chi connectivity index (χ0) is 22.9. The van der Waals surface area contributed by atoms with Gasteiger partial charge in [-0.2, -0.15) is 0 Å². The molecule has 0 radical (unpaired) electrons. The average Bonchev–Trinajstić information content (AvgIpc) is 3.49. The first-order valence-electron chi connectivity index (χ1n) is 11.7. The molecule has 1 N–H and O–H groups in total. The number of aromatic nitrogens is 2. The van der Waals surface area contributed by atoms with Crippen LogP contribution < -0.4 is 20.5 Å². The summed E-state index contributed by atoms with van der Waals surface area (Å²) < 4.78 is 20.1. The van der Waals surface area contributed by atoms with Crippen LogP contribution in [0, 0.1) is 0 Å². The number of nitrogens with one attached hydrogen (secondary N) is 1. The molecule has 0 unspecified atom stereocenters. The van der Waals surface area contributed by atoms with E-state index in [-0.39, 0.29) is 5.69 Å². The molecule has 0 amide bonds. The Morgan fingerprint density at radius 3 is 2.06 bits per heavy atom. The van der Waals surface area contributed by atoms with Crippen LogP contribution in [0.25, 0.3) is 11.4 Å². The molecule has 0 spiro atoms. The minimum Gasteiger partial charge on any atom is -0.492 e. The van der Waals surface area contributed by atoms with E-state index in [1.165, 1.54) is 12.8 Å². The number of rotatable bonds is 12. The van der Waals surface area contributed by atoms with Gasteiger partial charge in [-0.25, -0.2) is 4.79 Å². The molecule has 3 aromatic rings. The second-order valence-corrected chi connectivity index (χ2v) is 8.28. The number of hydrogen-bond acceptors (Lipinski definition) is 5. The van der Waals surface area contributed by atoms with Crippen molar-refractivity contribution in [3.05, 3.63) is 71.4 Å². The topological polar surface area (TPSA) is 66.7 Å². The second kappa shape index (κ2) is 11.7. The molecule has 7 heteroatoms. The first-order chi connectivity index (χ1) is 16.2. The maximum atomic E-state index is 13.0. The SMILES string of the molecule is COCCCNCCOc1ccc(-n2ccn(-c3ccc(OC4CCCC4)cc3)c2=O)cc1. The minimum atomic E-state index is -0.117. The van der Waals surface area contributed by atoms with E-state index in [1.54, 1.807) is 28.6 Å². The molecule has 4 rings (SSSR count). The van der Waals surface area contributed by atoms with E-state index in [2.05, 4.69) is 5.32 Å². The van der Waals surface area contributed by atoms with Crippen LogP contribution in [-0.2, 0) is 4.74 Å². The molecule has 7 nitrogen and oxygen atoms in total. The molecule has 0 bridgehead atoms. The summed E-state index contributed by atoms with van der Waals surface area (Å²) in [5, 5.41) is 3.31. The van der Waals surface area contributed by atoms with Crippen LogP contribution in [0.4, 0.5) is 0 Å². The van der Waals surface area contributed by atoms with Crippen molar-refractivity contribution in [3.63, 3.8) is 0 Å². The van der Waals surface area contributed by atoms with Gasteiger partial charge in [0.2, 0.25) is 0 Å². The van der Waals surface area contributed by atoms with Crippen molar-refractivity contribution in [1.82, 2.24) is 14.5 Å². The maximum Gasteiger partial charge on any atom is 0.337 e. The van der Waals surface area contributed by atoms with Gasteiger partial charge < -0.3 is 19.5 Å². The van der Waals surface area contributed by atoms with Gasteiger partial charge in [0.1, 0.15) is 18.1 Å². The zero-order valence-electron chi connectivity index (χ0n) is 19.2. The standard InChI is InChI=1S/C26H33N3O4/c1-31-19-4-15-27-16-20-32-23-11-7-21(8-12-23)28-17-18-29(26(28)30)22-9-13-25(14-10-22)33-24-5-2-3-6-24/h7-14,17-18,24,27H,2-6,15-16,19-20H2,1H3. The first kappa shape index (κ1) is 23.1. The van der Waals surface area contributed by atoms with E-state index in [0.717, 1.165) is 61.8 Å². The van der Waals surface area contributed by atoms with Gasteiger partial charge in [0, 0.05) is 32.7 Å². The molecule has 1 heterocycles. The highest BCUT2D eigenvalue weighted by Gasteiger charge is 2.16. The van der Waals surface area contributed by atoms with Gasteiger partial charge in [-0.1, -0.05) is 0 Å². The third-order valence-corrected chi connectivity index (χ3v) is 5.86. The van der Waals surface area contributed by atoms with Gasteiger partial charge in [-0.15, -0.1) is 0 Å². The Balaban J connectivity index is 1.33. The summed E-state index contributed by atoms with van der Waals surface area (Å²) in [4.78, 5) is 13.0. The number of methoxy groups -OCH3 is 1. The lowest BCUT2D eigenvalue weighted by atomic mass is 10.2. The van der Waals surface area contributed by atoms with Crippen LogP contribution in [0.1, 0.15) is 32.1 Å². The summed E-state index contributed by atoms with van der Waals surface area (Å²) >= 11 is 0. The molecule has 1 aromatic heterocycles. The number of imidazole rings is 1. The minimum absolute atomic E-state index is 0.117. The number of hydrogen-bond donors (Lipinski definition) is 1. The van der Waals surface area contributed by atoms with Crippen LogP contribution in [0.15, 0.2) is 65.7 Å². The highest BCUT2D eigenvalue weighted by atomic mass is 16.5. The van der Waals surface area contributed by atoms with Crippen molar-refractivity contribution in [2.75, 3.05) is 33.4 Å². The molecule has 0 atom stereocenters. The van der Waals surface area contributed by atoms with Crippen molar-refractivity contribution in [2.45, 2.75) is 38.2 Å². The Morgan fingerprint density at radius 2 is 1.45 bits per heavy atom. The van der Waals surface area contributed by atoms with Crippen molar-refractivity contribution in [1.29, 1.82) is 0 Å². The Kier molecular flexibility index (Phi) is 8.22. The van der Waals surface area contributed by atoms with Crippen molar-refractivity contribution in [2.24, 2.45) is 0 Å². The van der Waals surface area contributed by atoms with Gasteiger partial charge in [0.15, 0.2) is 0 Å². The van der Waals surface area contributed by atoms with Crippen molar-refractivity contribution < 1.29 is 14.2 Å². The third kappa shape index (κ3) is 6.27. The zero-order valence-corrected chi connectivity index (χ0v) is 19.2. The van der Waals surface area contributed by atoms with E-state index in [4.69, 9.17) is 14.2 Å². The quantitative estimate of drug-likeness (QED) is 0.422. The van der Waals surface area contributed by atoms with Crippen LogP contribution in [0.3, 0.4) is 0 Å². The first-order valence-corrected chi connectivity index (χ1v) is 11.7. The van der Waals surface area contributed by atoms with Crippen LogP contribution in [0.5, 0.6) is 11.5 Å². The fourth-order valence-electron chi connectivity index (χ4n) is 4.06. The summed E-state index contributed by atoms with van der Waals surface area (Å²) in [5.74, 6) is 1.64. The number of nitrogens with zero attached hydrogens (tertiary/aromatic N) is 2. The maximum absolute atomic E-state index is 13.0. The summed E-state index contributed by atoms with van der Waals surface area (Å²) in [6.45, 7) is 3.03. The van der Waals surface area contributed by atoms with E-state index in [9.17, 15) is 4.79 Å². The summed E-state index contributed by atoms with van der Waals surface area (Å²) in [7, 11) is 1.71. The molecule has 1 fully saturated rings. The van der Waals surface area contributed by atoms with Gasteiger partial charge in [0.05, 0.1) is 17.5 Å². The average molecular weight is 452 g/mol. The Morgan fingerprint density at radius 1 is 0.848 bits per heavy atom. The lowest BCUT2D eigenvalue weighted by molar-refractivity contribution is 0.193. The number of ether oxygens (including phenoxy) is 3. The van der Waals surface area contributed by atoms with E-state index in [1.807, 2.05) is 48.5 Å². The third-order valence-electron chi connectivity index (χ3n) is 5.86. The predicted molar refractivity (Wildman–Crippen MR) is 129 cm³/mol. The fraction of sp³-hybridized carbons (Fsp3) is 0.423. The second-order valence-electron chi connectivity index (χ2n) is 8.28. The van der Waals surface area contributed by atoms with Crippen molar-refractivity contribution in [3.8, 4) is 22.9 Å². The van der Waals surface area contributed by atoms with Crippen molar-refractivity contribution >= 4 is 0 Å². The molecule has 33 heavy (non-hydrogen) atoms. The predicted octanol–water partition coefficient (Wildman–Crippen LogP) is 3.95. The lowest BCUT2D eigenvalue weighted by Crippen LogP contribution is -2.23. The van der Waals surface area contributed by atoms with Crippen LogP contribution >= 0.6 is 0 Å². The molecule has 0 saturated heterocycles. The van der Waals surface area contributed by atoms with Crippen LogP contribution in [0.2, 0.25) is 0 Å². The lowest BCUT2D eigenvalue weighted by Gasteiger charge is -2.13. The van der Waals surface area contributed by atoms with Crippen LogP contribution in [-0.4, -0.2) is 48.7 Å². The molecular formula is C26H33N3O4. The fourth-order valence-corrected chi connectivity index (χ4v) is 4.06. The van der Waals surface area contributed by atoms with E-state index < -0.39 is 0 Å². The van der Waals surface area contributed by atoms with Gasteiger partial charge in [-0.3, -0.25) is 9.13 Å². The highest BCUT2D eigenvalue weighted by molar-refractivity contribution is 5.40. The van der Waals surface area contributed by atoms with E-state index >= 15 is 0 Å². The molecular weight excluding hydrogens is 418 g/mol. The van der Waals surface area contributed by atoms with Gasteiger partial charge in [-0.05, 0) is 87.2 Å². The largest absolute Gasteiger partial charge is 0.492 e. The highest BCUT2D eigenvalue weighted by Crippen LogP contribution is 2.24. The smallest absolute Gasteiger partial charge is 0.337 e. The molecule has 1 aliphatic rings. The monoisotopic (exact) mass is 451 g/mol. The Hall–Kier alpha value is -3.03. The molecule has 2 aromatic carbocycles. The summed E-state index contributed by atoms with van der Waals surface area (Å²) in [6, 6.07) is 15.3. The summed E-state index contributed by atoms with van der Waals surface area (Å²) in [6.07, 6.45) is 9.61. The molecule has 0 aliphatic heterocycles. The van der Waals surface area contributed by atoms with E-state index in [0.29, 0.717) is 12.7 Å². The molecule has 176 valence electrons.